The molecule has 2 aromatic carbocycles. The fourth-order valence-electron chi connectivity index (χ4n) is 2.75. The Morgan fingerprint density at radius 3 is 2.33 bits per heavy atom. The zero-order chi connectivity index (χ0) is 19.2. The molecule has 0 spiro atoms. The van der Waals surface area contributed by atoms with Gasteiger partial charge in [-0.2, -0.15) is 0 Å². The summed E-state index contributed by atoms with van der Waals surface area (Å²) in [6, 6.07) is 14.8. The predicted octanol–water partition coefficient (Wildman–Crippen LogP) is 6.43. The topological polar surface area (TPSA) is 52.3 Å². The van der Waals surface area contributed by atoms with Crippen LogP contribution in [0.2, 0.25) is 5.02 Å². The molecule has 0 unspecified atom stereocenters. The smallest absolute Gasteiger partial charge is 0.186 e. The molecule has 0 bridgehead atoms. The zero-order valence-electron chi connectivity index (χ0n) is 15.5. The Morgan fingerprint density at radius 2 is 1.70 bits per heavy atom. The lowest BCUT2D eigenvalue weighted by atomic mass is 10.1. The lowest BCUT2D eigenvalue weighted by Crippen LogP contribution is -1.96. The number of ether oxygens (including phenoxy) is 1. The molecule has 0 saturated carbocycles. The van der Waals surface area contributed by atoms with Crippen LogP contribution in [0, 0.1) is 0 Å². The van der Waals surface area contributed by atoms with Crippen LogP contribution in [0.15, 0.2) is 53.1 Å². The first-order valence-corrected chi connectivity index (χ1v) is 9.47. The van der Waals surface area contributed by atoms with Gasteiger partial charge in [-0.15, -0.1) is 0 Å². The van der Waals surface area contributed by atoms with E-state index < -0.39 is 0 Å². The molecule has 3 rings (SSSR count). The zero-order valence-corrected chi connectivity index (χ0v) is 16.3. The maximum atomic E-state index is 11.4. The molecule has 5 heteroatoms. The number of ketones is 1. The molecular formula is C22H22ClNO3. The number of hydrogen-bond acceptors (Lipinski definition) is 4. The van der Waals surface area contributed by atoms with Gasteiger partial charge >= 0.3 is 0 Å². The van der Waals surface area contributed by atoms with Crippen molar-refractivity contribution in [1.29, 1.82) is 0 Å². The third kappa shape index (κ3) is 4.58. The van der Waals surface area contributed by atoms with Gasteiger partial charge in [0.15, 0.2) is 11.5 Å². The Kier molecular flexibility index (Phi) is 6.30. The SMILES string of the molecule is CCCCCOc1ccc(-c2onc(-c3ccc(C(C)=O)cc3)c2Cl)cc1. The summed E-state index contributed by atoms with van der Waals surface area (Å²) >= 11 is 6.50. The molecule has 0 fully saturated rings. The van der Waals surface area contributed by atoms with Crippen LogP contribution in [-0.2, 0) is 0 Å². The molecule has 3 aromatic rings. The summed E-state index contributed by atoms with van der Waals surface area (Å²) in [5.74, 6) is 1.36. The Hall–Kier alpha value is -2.59. The minimum atomic E-state index is 0.0190. The minimum Gasteiger partial charge on any atom is -0.494 e. The highest BCUT2D eigenvalue weighted by Gasteiger charge is 2.17. The van der Waals surface area contributed by atoms with E-state index in [0.717, 1.165) is 29.9 Å². The standard InChI is InChI=1S/C22H22ClNO3/c1-3-4-5-14-26-19-12-10-18(11-13-19)22-20(23)21(24-27-22)17-8-6-16(7-9-17)15(2)25/h6-13H,3-5,14H2,1-2H3. The molecule has 0 atom stereocenters. The van der Waals surface area contributed by atoms with Crippen molar-refractivity contribution in [1.82, 2.24) is 5.16 Å². The fourth-order valence-corrected chi connectivity index (χ4v) is 3.03. The van der Waals surface area contributed by atoms with Crippen LogP contribution in [0.4, 0.5) is 0 Å². The number of aromatic nitrogens is 1. The summed E-state index contributed by atoms with van der Waals surface area (Å²) in [6.07, 6.45) is 3.39. The number of rotatable bonds is 8. The van der Waals surface area contributed by atoms with Crippen molar-refractivity contribution in [3.05, 3.63) is 59.1 Å². The van der Waals surface area contributed by atoms with Crippen molar-refractivity contribution in [3.8, 4) is 28.3 Å². The summed E-state index contributed by atoms with van der Waals surface area (Å²) in [5, 5.41) is 4.55. The molecule has 0 amide bonds. The maximum absolute atomic E-state index is 11.4. The number of carbonyl (C=O) groups excluding carboxylic acids is 1. The monoisotopic (exact) mass is 383 g/mol. The Balaban J connectivity index is 1.75. The van der Waals surface area contributed by atoms with Gasteiger partial charge < -0.3 is 9.26 Å². The Labute approximate surface area is 164 Å². The summed E-state index contributed by atoms with van der Waals surface area (Å²) in [7, 11) is 0. The van der Waals surface area contributed by atoms with Gasteiger partial charge in [0.2, 0.25) is 0 Å². The molecule has 4 nitrogen and oxygen atoms in total. The molecular weight excluding hydrogens is 362 g/mol. The average Bonchev–Trinajstić information content (AvgIpc) is 3.07. The van der Waals surface area contributed by atoms with Gasteiger partial charge in [0.25, 0.3) is 0 Å². The molecule has 1 aromatic heterocycles. The summed E-state index contributed by atoms with van der Waals surface area (Å²) < 4.78 is 11.2. The van der Waals surface area contributed by atoms with E-state index in [9.17, 15) is 4.79 Å². The van der Waals surface area contributed by atoms with Crippen molar-refractivity contribution < 1.29 is 14.1 Å². The second-order valence-corrected chi connectivity index (χ2v) is 6.77. The molecule has 140 valence electrons. The Morgan fingerprint density at radius 1 is 1.04 bits per heavy atom. The minimum absolute atomic E-state index is 0.0190. The number of halogens is 1. The van der Waals surface area contributed by atoms with Crippen molar-refractivity contribution in [2.24, 2.45) is 0 Å². The third-order valence-electron chi connectivity index (χ3n) is 4.33. The first-order valence-electron chi connectivity index (χ1n) is 9.10. The highest BCUT2D eigenvalue weighted by Crippen LogP contribution is 2.36. The number of unbranched alkanes of at least 4 members (excludes halogenated alkanes) is 2. The largest absolute Gasteiger partial charge is 0.494 e. The van der Waals surface area contributed by atoms with Gasteiger partial charge in [0, 0.05) is 16.7 Å². The number of nitrogens with zero attached hydrogens (tertiary/aromatic N) is 1. The quantitative estimate of drug-likeness (QED) is 0.332. The Bertz CT molecular complexity index is 898. The average molecular weight is 384 g/mol. The first kappa shape index (κ1) is 19.2. The maximum Gasteiger partial charge on any atom is 0.186 e. The van der Waals surface area contributed by atoms with Gasteiger partial charge in [-0.25, -0.2) is 0 Å². The van der Waals surface area contributed by atoms with Gasteiger partial charge in [-0.3, -0.25) is 4.79 Å². The van der Waals surface area contributed by atoms with Crippen LogP contribution in [0.5, 0.6) is 5.75 Å². The van der Waals surface area contributed by atoms with Crippen LogP contribution in [0.1, 0.15) is 43.5 Å². The van der Waals surface area contributed by atoms with Gasteiger partial charge in [-0.1, -0.05) is 60.8 Å². The second-order valence-electron chi connectivity index (χ2n) is 6.39. The molecule has 27 heavy (non-hydrogen) atoms. The normalized spacial score (nSPS) is 10.8. The van der Waals surface area contributed by atoms with Crippen LogP contribution >= 0.6 is 11.6 Å². The number of hydrogen-bond donors (Lipinski definition) is 0. The van der Waals surface area contributed by atoms with Crippen molar-refractivity contribution in [3.63, 3.8) is 0 Å². The van der Waals surface area contributed by atoms with E-state index in [1.807, 2.05) is 36.4 Å². The lowest BCUT2D eigenvalue weighted by Gasteiger charge is -2.06. The number of carbonyl (C=O) groups is 1. The second kappa shape index (κ2) is 8.87. The van der Waals surface area contributed by atoms with E-state index in [-0.39, 0.29) is 5.78 Å². The first-order chi connectivity index (χ1) is 13.1. The molecule has 1 heterocycles. The molecule has 0 aliphatic carbocycles. The summed E-state index contributed by atoms with van der Waals surface area (Å²) in [4.78, 5) is 11.4. The van der Waals surface area contributed by atoms with E-state index in [1.165, 1.54) is 19.8 Å². The van der Waals surface area contributed by atoms with E-state index >= 15 is 0 Å². The predicted molar refractivity (Wildman–Crippen MR) is 107 cm³/mol. The van der Waals surface area contributed by atoms with E-state index in [0.29, 0.717) is 22.0 Å². The molecule has 0 aliphatic heterocycles. The lowest BCUT2D eigenvalue weighted by molar-refractivity contribution is 0.101. The third-order valence-corrected chi connectivity index (χ3v) is 4.68. The van der Waals surface area contributed by atoms with Crippen LogP contribution in [-0.4, -0.2) is 17.5 Å². The van der Waals surface area contributed by atoms with Crippen LogP contribution < -0.4 is 4.74 Å². The van der Waals surface area contributed by atoms with E-state index in [4.69, 9.17) is 20.9 Å². The highest BCUT2D eigenvalue weighted by atomic mass is 35.5. The van der Waals surface area contributed by atoms with E-state index in [2.05, 4.69) is 12.1 Å². The van der Waals surface area contributed by atoms with Crippen molar-refractivity contribution in [2.45, 2.75) is 33.1 Å². The van der Waals surface area contributed by atoms with Gasteiger partial charge in [0.05, 0.1) is 6.61 Å². The number of Topliss-reactive ketones (excluding diaryl/α,β-unsaturated/α-hetero) is 1. The summed E-state index contributed by atoms with van der Waals surface area (Å²) in [6.45, 7) is 4.42. The van der Waals surface area contributed by atoms with Crippen LogP contribution in [0.25, 0.3) is 22.6 Å². The summed E-state index contributed by atoms with van der Waals surface area (Å²) in [5.41, 5.74) is 2.84. The molecule has 0 radical (unpaired) electrons. The highest BCUT2D eigenvalue weighted by molar-refractivity contribution is 6.35. The van der Waals surface area contributed by atoms with Crippen molar-refractivity contribution >= 4 is 17.4 Å². The van der Waals surface area contributed by atoms with Gasteiger partial charge in [0.1, 0.15) is 16.5 Å². The van der Waals surface area contributed by atoms with E-state index in [1.54, 1.807) is 12.1 Å². The van der Waals surface area contributed by atoms with Crippen molar-refractivity contribution in [2.75, 3.05) is 6.61 Å². The van der Waals surface area contributed by atoms with Crippen LogP contribution in [0.3, 0.4) is 0 Å². The molecule has 0 saturated heterocycles. The number of benzene rings is 2. The van der Waals surface area contributed by atoms with Gasteiger partial charge in [-0.05, 0) is 37.6 Å². The molecule has 0 aliphatic rings. The molecule has 0 N–H and O–H groups in total. The fraction of sp³-hybridized carbons (Fsp3) is 0.273.